The van der Waals surface area contributed by atoms with Crippen LogP contribution in [0.2, 0.25) is 0 Å². The molecule has 2 unspecified atom stereocenters. The molecule has 0 saturated heterocycles. The number of carbonyl (C=O) groups excluding carboxylic acids is 3. The summed E-state index contributed by atoms with van der Waals surface area (Å²) in [6, 6.07) is 39.9. The number of anilines is 4. The van der Waals surface area contributed by atoms with E-state index in [1.54, 1.807) is 12.1 Å². The zero-order valence-electron chi connectivity index (χ0n) is 51.0. The van der Waals surface area contributed by atoms with Gasteiger partial charge in [-0.15, -0.1) is 0 Å². The van der Waals surface area contributed by atoms with Crippen LogP contribution in [0.5, 0.6) is 0 Å². The van der Waals surface area contributed by atoms with Crippen LogP contribution in [0.1, 0.15) is 190 Å². The van der Waals surface area contributed by atoms with Crippen molar-refractivity contribution in [1.82, 2.24) is 9.89 Å². The maximum atomic E-state index is 15.1. The quantitative estimate of drug-likeness (QED) is 0.0672. The lowest BCUT2D eigenvalue weighted by molar-refractivity contribution is -0.297. The van der Waals surface area contributed by atoms with Gasteiger partial charge in [-0.25, -0.2) is 0 Å². The average molecular weight is 1080 g/mol. The van der Waals surface area contributed by atoms with Gasteiger partial charge in [-0.05, 0) is 112 Å². The molecule has 0 fully saturated rings. The number of amides is 2. The molecule has 8 nitrogen and oxygen atoms in total. The average Bonchev–Trinajstić information content (AvgIpc) is 3.47. The summed E-state index contributed by atoms with van der Waals surface area (Å²) in [6.07, 6.45) is 12.1. The number of hydrogen-bond acceptors (Lipinski definition) is 5. The Hall–Kier alpha value is -7.06. The Bertz CT molecular complexity index is 3090. The van der Waals surface area contributed by atoms with Crippen LogP contribution in [0, 0.1) is 11.8 Å². The Balaban J connectivity index is 1.43. The maximum Gasteiger partial charge on any atom is 0.227 e. The first-order valence-electron chi connectivity index (χ1n) is 29.5. The van der Waals surface area contributed by atoms with Crippen LogP contribution in [0.4, 0.5) is 34.1 Å². The molecule has 0 spiro atoms. The van der Waals surface area contributed by atoms with Crippen LogP contribution in [-0.4, -0.2) is 23.3 Å². The molecule has 0 saturated carbocycles. The molecule has 5 aromatic carbocycles. The van der Waals surface area contributed by atoms with Crippen molar-refractivity contribution in [2.75, 3.05) is 10.2 Å². The first kappa shape index (κ1) is 60.6. The molecule has 0 bridgehead atoms. The fraction of sp³-hybridized carbons (Fsp3) is 0.417. The summed E-state index contributed by atoms with van der Waals surface area (Å²) < 4.78 is 2.15. The summed E-state index contributed by atoms with van der Waals surface area (Å²) in [4.78, 5) is 46.1. The number of ketones is 1. The van der Waals surface area contributed by atoms with Gasteiger partial charge in [0.2, 0.25) is 28.9 Å². The van der Waals surface area contributed by atoms with Crippen LogP contribution in [0.15, 0.2) is 156 Å². The van der Waals surface area contributed by atoms with Crippen molar-refractivity contribution >= 4 is 63.0 Å². The Morgan fingerprint density at radius 2 is 0.925 bits per heavy atom. The lowest BCUT2D eigenvalue weighted by Crippen LogP contribution is -2.36. The van der Waals surface area contributed by atoms with Crippen molar-refractivity contribution in [2.24, 2.45) is 11.8 Å². The van der Waals surface area contributed by atoms with Crippen LogP contribution in [0.3, 0.4) is 0 Å². The van der Waals surface area contributed by atoms with Gasteiger partial charge in [-0.2, -0.15) is 4.58 Å². The molecule has 7 rings (SSSR count). The third kappa shape index (κ3) is 13.7. The summed E-state index contributed by atoms with van der Waals surface area (Å²) in [6.45, 7) is 34.7. The van der Waals surface area contributed by atoms with Crippen molar-refractivity contribution in [2.45, 2.75) is 184 Å². The minimum absolute atomic E-state index is 0.00527. The largest absolute Gasteiger partial charge is 0.871 e. The number of carbonyl (C=O) groups is 3. The fourth-order valence-electron chi connectivity index (χ4n) is 10.6. The zero-order valence-corrected chi connectivity index (χ0v) is 51.0. The fourth-order valence-corrected chi connectivity index (χ4v) is 10.6. The SMILES string of the molecule is CCCCC(CC)C(=O)NC1=CC(=[N+](c2ccc(C(C)(C)C)cc2)c2ccc(C(C)(C)C)cc2)C=CC1=C1C(=O)C(c2ccc(N(c3ccc(C(C)(C)C)cc3)c3ccc(C(C)(C)C)cc3)cc2NC(=O)C(CC)CCCC)=C1[O-]. The van der Waals surface area contributed by atoms with E-state index in [4.69, 9.17) is 0 Å². The summed E-state index contributed by atoms with van der Waals surface area (Å²) in [5, 5.41) is 21.7. The summed E-state index contributed by atoms with van der Waals surface area (Å²) in [5.74, 6) is -1.73. The van der Waals surface area contributed by atoms with Gasteiger partial charge in [0.1, 0.15) is 0 Å². The second-order valence-electron chi connectivity index (χ2n) is 26.2. The Morgan fingerprint density at radius 3 is 1.31 bits per heavy atom. The number of hydrogen-bond donors (Lipinski definition) is 2. The molecule has 8 heteroatoms. The Labute approximate surface area is 479 Å². The van der Waals surface area contributed by atoms with E-state index < -0.39 is 11.5 Å². The normalized spacial score (nSPS) is 15.8. The monoisotopic (exact) mass is 1070 g/mol. The standard InChI is InChI=1S/C72H90N4O4/c1-17-21-23-47(19-3)67(79)73-61-45-57(75(53-33-25-49(26-34-53)69(5,6)7)54-35-27-50(28-36-54)70(8,9)10)41-43-59(61)63-65(77)64(66(63)78)60-44-42-58(46-62(60)74-68(80)48(20-4)24-22-18-2)76(55-37-29-51(30-38-55)71(11,12)13)56-39-31-52(32-40-56)72(14,15)16/h25-48H,17-24H2,1-16H3,(H2,73,74,77,78,79,80). The van der Waals surface area contributed by atoms with Gasteiger partial charge < -0.3 is 20.6 Å². The van der Waals surface area contributed by atoms with E-state index in [1.165, 1.54) is 22.3 Å². The highest BCUT2D eigenvalue weighted by Crippen LogP contribution is 2.45. The molecule has 0 heterocycles. The molecule has 5 aromatic rings. The van der Waals surface area contributed by atoms with Gasteiger partial charge in [0, 0.05) is 87.6 Å². The Morgan fingerprint density at radius 1 is 0.525 bits per heavy atom. The van der Waals surface area contributed by atoms with Gasteiger partial charge in [0.25, 0.3) is 0 Å². The van der Waals surface area contributed by atoms with Gasteiger partial charge in [-0.1, -0.05) is 197 Å². The molecule has 422 valence electrons. The topological polar surface area (TPSA) is 105 Å². The van der Waals surface area contributed by atoms with E-state index in [0.29, 0.717) is 35.4 Å². The number of Topliss-reactive ketones (excluding diaryl/α,β-unsaturated/α-hetero) is 1. The first-order valence-corrected chi connectivity index (χ1v) is 29.5. The minimum atomic E-state index is -0.447. The number of nitrogens with one attached hydrogen (secondary N) is 2. The van der Waals surface area contributed by atoms with E-state index in [0.717, 1.165) is 72.7 Å². The molecule has 0 aliphatic heterocycles. The van der Waals surface area contributed by atoms with Crippen molar-refractivity contribution < 1.29 is 19.5 Å². The second kappa shape index (κ2) is 24.8. The van der Waals surface area contributed by atoms with E-state index >= 15 is 9.90 Å². The second-order valence-corrected chi connectivity index (χ2v) is 26.2. The number of rotatable bonds is 18. The molecule has 2 N–H and O–H groups in total. The molecule has 2 atom stereocenters. The molecule has 2 aliphatic carbocycles. The highest BCUT2D eigenvalue weighted by atomic mass is 16.3. The predicted molar refractivity (Wildman–Crippen MR) is 335 cm³/mol. The summed E-state index contributed by atoms with van der Waals surface area (Å²) in [5.41, 5.74) is 11.2. The Kier molecular flexibility index (Phi) is 18.7. The van der Waals surface area contributed by atoms with E-state index in [-0.39, 0.29) is 56.5 Å². The number of unbranched alkanes of at least 4 members (excludes halogenated alkanes) is 2. The van der Waals surface area contributed by atoms with Crippen molar-refractivity contribution in [3.63, 3.8) is 0 Å². The predicted octanol–water partition coefficient (Wildman–Crippen LogP) is 17.2. The van der Waals surface area contributed by atoms with Crippen molar-refractivity contribution in [1.29, 1.82) is 0 Å². The molecule has 80 heavy (non-hydrogen) atoms. The van der Waals surface area contributed by atoms with Crippen LogP contribution in [0.25, 0.3) is 5.57 Å². The highest BCUT2D eigenvalue weighted by Gasteiger charge is 2.36. The minimum Gasteiger partial charge on any atom is -0.871 e. The molecule has 0 radical (unpaired) electrons. The van der Waals surface area contributed by atoms with Gasteiger partial charge in [0.15, 0.2) is 5.78 Å². The van der Waals surface area contributed by atoms with Crippen molar-refractivity contribution in [3.8, 4) is 0 Å². The lowest BCUT2D eigenvalue weighted by atomic mass is 9.78. The van der Waals surface area contributed by atoms with Crippen LogP contribution < -0.4 is 25.2 Å². The molecule has 0 aromatic heterocycles. The summed E-state index contributed by atoms with van der Waals surface area (Å²) >= 11 is 0. The molecule has 2 aliphatic rings. The third-order valence-electron chi connectivity index (χ3n) is 16.0. The first-order chi connectivity index (χ1) is 37.7. The summed E-state index contributed by atoms with van der Waals surface area (Å²) in [7, 11) is 0. The highest BCUT2D eigenvalue weighted by molar-refractivity contribution is 6.40. The third-order valence-corrected chi connectivity index (χ3v) is 16.0. The zero-order chi connectivity index (χ0) is 58.5. The van der Waals surface area contributed by atoms with Gasteiger partial charge in [0.05, 0.1) is 11.4 Å². The number of nitrogens with zero attached hydrogens (tertiary/aromatic N) is 2. The molecular formula is C72H90N4O4. The smallest absolute Gasteiger partial charge is 0.227 e. The van der Waals surface area contributed by atoms with E-state index in [1.807, 2.05) is 38.1 Å². The van der Waals surface area contributed by atoms with Gasteiger partial charge >= 0.3 is 0 Å². The number of benzene rings is 5. The molecule has 2 amide bonds. The van der Waals surface area contributed by atoms with E-state index in [9.17, 15) is 9.59 Å². The van der Waals surface area contributed by atoms with Crippen molar-refractivity contribution in [3.05, 3.63) is 184 Å². The maximum absolute atomic E-state index is 15.1. The number of allylic oxidation sites excluding steroid dienone is 5. The van der Waals surface area contributed by atoms with Crippen LogP contribution in [-0.2, 0) is 36.0 Å². The van der Waals surface area contributed by atoms with E-state index in [2.05, 4.69) is 214 Å². The lowest BCUT2D eigenvalue weighted by Gasteiger charge is -2.35. The van der Waals surface area contributed by atoms with Crippen LogP contribution >= 0.6 is 0 Å². The molecular weight excluding hydrogens is 985 g/mol. The van der Waals surface area contributed by atoms with Gasteiger partial charge in [-0.3, -0.25) is 14.4 Å².